The van der Waals surface area contributed by atoms with E-state index >= 15 is 0 Å². The fourth-order valence-electron chi connectivity index (χ4n) is 1.81. The number of ether oxygens (including phenoxy) is 2. The van der Waals surface area contributed by atoms with Crippen molar-refractivity contribution in [2.24, 2.45) is 5.41 Å². The fourth-order valence-corrected chi connectivity index (χ4v) is 1.97. The summed E-state index contributed by atoms with van der Waals surface area (Å²) in [6.07, 6.45) is 2.20. The van der Waals surface area contributed by atoms with E-state index < -0.39 is 0 Å². The Bertz CT molecular complexity index is 383. The van der Waals surface area contributed by atoms with Crippen molar-refractivity contribution < 1.29 is 9.47 Å². The second kappa shape index (κ2) is 7.64. The van der Waals surface area contributed by atoms with E-state index in [9.17, 15) is 0 Å². The third kappa shape index (κ3) is 6.20. The van der Waals surface area contributed by atoms with Gasteiger partial charge in [0.25, 0.3) is 0 Å². The molecule has 1 aromatic carbocycles. The summed E-state index contributed by atoms with van der Waals surface area (Å²) < 4.78 is 11.4. The maximum Gasteiger partial charge on any atom is 0.161 e. The average Bonchev–Trinajstić information content (AvgIpc) is 2.35. The Kier molecular flexibility index (Phi) is 6.50. The first-order valence-electron chi connectivity index (χ1n) is 6.91. The molecule has 0 amide bonds. The SMILES string of the molecule is CCOc1cc(CCl)ccc1OCCCC(C)(C)C. The van der Waals surface area contributed by atoms with Crippen molar-refractivity contribution in [2.75, 3.05) is 13.2 Å². The van der Waals surface area contributed by atoms with Crippen LogP contribution in [0.15, 0.2) is 18.2 Å². The summed E-state index contributed by atoms with van der Waals surface area (Å²) >= 11 is 5.83. The Morgan fingerprint density at radius 2 is 1.84 bits per heavy atom. The van der Waals surface area contributed by atoms with Crippen molar-refractivity contribution in [1.29, 1.82) is 0 Å². The van der Waals surface area contributed by atoms with Crippen LogP contribution in [-0.4, -0.2) is 13.2 Å². The average molecular weight is 285 g/mol. The summed E-state index contributed by atoms with van der Waals surface area (Å²) in [6, 6.07) is 5.88. The molecule has 19 heavy (non-hydrogen) atoms. The van der Waals surface area contributed by atoms with Gasteiger partial charge in [-0.1, -0.05) is 26.8 Å². The predicted molar refractivity (Wildman–Crippen MR) is 81.4 cm³/mol. The van der Waals surface area contributed by atoms with E-state index in [-0.39, 0.29) is 0 Å². The minimum atomic E-state index is 0.356. The van der Waals surface area contributed by atoms with Crippen LogP contribution in [0, 0.1) is 5.41 Å². The van der Waals surface area contributed by atoms with Gasteiger partial charge in [0.15, 0.2) is 11.5 Å². The smallest absolute Gasteiger partial charge is 0.161 e. The molecule has 0 spiro atoms. The van der Waals surface area contributed by atoms with E-state index in [2.05, 4.69) is 20.8 Å². The van der Waals surface area contributed by atoms with Crippen LogP contribution in [0.5, 0.6) is 11.5 Å². The third-order valence-electron chi connectivity index (χ3n) is 2.79. The second-order valence-electron chi connectivity index (χ2n) is 5.86. The molecule has 0 aliphatic heterocycles. The van der Waals surface area contributed by atoms with Crippen LogP contribution in [0.1, 0.15) is 46.1 Å². The van der Waals surface area contributed by atoms with E-state index in [1.807, 2.05) is 25.1 Å². The molecule has 1 aromatic rings. The van der Waals surface area contributed by atoms with Crippen molar-refractivity contribution in [3.05, 3.63) is 23.8 Å². The molecular weight excluding hydrogens is 260 g/mol. The van der Waals surface area contributed by atoms with Crippen LogP contribution < -0.4 is 9.47 Å². The maximum absolute atomic E-state index is 5.83. The molecule has 0 unspecified atom stereocenters. The number of halogens is 1. The lowest BCUT2D eigenvalue weighted by molar-refractivity contribution is 0.250. The number of hydrogen-bond acceptors (Lipinski definition) is 2. The lowest BCUT2D eigenvalue weighted by Crippen LogP contribution is -2.08. The molecule has 1 rings (SSSR count). The minimum Gasteiger partial charge on any atom is -0.490 e. The summed E-state index contributed by atoms with van der Waals surface area (Å²) in [4.78, 5) is 0. The number of alkyl halides is 1. The summed E-state index contributed by atoms with van der Waals surface area (Å²) in [5.41, 5.74) is 1.40. The van der Waals surface area contributed by atoms with Crippen molar-refractivity contribution in [3.8, 4) is 11.5 Å². The van der Waals surface area contributed by atoms with Gasteiger partial charge in [0, 0.05) is 5.88 Å². The minimum absolute atomic E-state index is 0.356. The van der Waals surface area contributed by atoms with E-state index in [0.29, 0.717) is 17.9 Å². The van der Waals surface area contributed by atoms with Crippen LogP contribution in [0.25, 0.3) is 0 Å². The molecule has 0 atom stereocenters. The zero-order valence-electron chi connectivity index (χ0n) is 12.5. The molecule has 0 saturated heterocycles. The largest absolute Gasteiger partial charge is 0.490 e. The molecule has 0 aliphatic rings. The first-order chi connectivity index (χ1) is 8.96. The second-order valence-corrected chi connectivity index (χ2v) is 6.13. The van der Waals surface area contributed by atoms with Gasteiger partial charge in [0.1, 0.15) is 0 Å². The Morgan fingerprint density at radius 1 is 1.11 bits per heavy atom. The summed E-state index contributed by atoms with van der Waals surface area (Å²) in [6.45, 7) is 10.0. The Balaban J connectivity index is 2.56. The van der Waals surface area contributed by atoms with Gasteiger partial charge in [-0.05, 0) is 42.9 Å². The van der Waals surface area contributed by atoms with E-state index in [1.165, 1.54) is 0 Å². The normalized spacial score (nSPS) is 11.4. The van der Waals surface area contributed by atoms with E-state index in [0.717, 1.165) is 36.5 Å². The molecule has 3 heteroatoms. The van der Waals surface area contributed by atoms with Crippen LogP contribution in [-0.2, 0) is 5.88 Å². The molecule has 0 heterocycles. The molecular formula is C16H25ClO2. The highest BCUT2D eigenvalue weighted by Gasteiger charge is 2.10. The Morgan fingerprint density at radius 3 is 2.42 bits per heavy atom. The lowest BCUT2D eigenvalue weighted by atomic mass is 9.91. The molecule has 0 aromatic heterocycles. The first-order valence-corrected chi connectivity index (χ1v) is 7.44. The predicted octanol–water partition coefficient (Wildman–Crippen LogP) is 5.03. The van der Waals surface area contributed by atoms with Crippen LogP contribution in [0.3, 0.4) is 0 Å². The zero-order chi connectivity index (χ0) is 14.3. The molecule has 0 radical (unpaired) electrons. The van der Waals surface area contributed by atoms with Gasteiger partial charge < -0.3 is 9.47 Å². The Labute approximate surface area is 122 Å². The van der Waals surface area contributed by atoms with Crippen LogP contribution in [0.2, 0.25) is 0 Å². The van der Waals surface area contributed by atoms with Gasteiger partial charge in [-0.2, -0.15) is 0 Å². The van der Waals surface area contributed by atoms with Gasteiger partial charge in [-0.3, -0.25) is 0 Å². The highest BCUT2D eigenvalue weighted by molar-refractivity contribution is 6.17. The molecule has 0 fully saturated rings. The van der Waals surface area contributed by atoms with E-state index in [4.69, 9.17) is 21.1 Å². The van der Waals surface area contributed by atoms with Crippen molar-refractivity contribution in [2.45, 2.75) is 46.4 Å². The fraction of sp³-hybridized carbons (Fsp3) is 0.625. The van der Waals surface area contributed by atoms with Gasteiger partial charge in [-0.25, -0.2) is 0 Å². The van der Waals surface area contributed by atoms with Gasteiger partial charge >= 0.3 is 0 Å². The highest BCUT2D eigenvalue weighted by Crippen LogP contribution is 2.29. The first kappa shape index (κ1) is 16.2. The zero-order valence-corrected chi connectivity index (χ0v) is 13.2. The molecule has 2 nitrogen and oxygen atoms in total. The monoisotopic (exact) mass is 284 g/mol. The standard InChI is InChI=1S/C16H25ClO2/c1-5-18-15-11-13(12-17)7-8-14(15)19-10-6-9-16(2,3)4/h7-8,11H,5-6,9-10,12H2,1-4H3. The van der Waals surface area contributed by atoms with Crippen LogP contribution in [0.4, 0.5) is 0 Å². The summed E-state index contributed by atoms with van der Waals surface area (Å²) in [5, 5.41) is 0. The van der Waals surface area contributed by atoms with Crippen molar-refractivity contribution >= 4 is 11.6 Å². The molecule has 0 aliphatic carbocycles. The lowest BCUT2D eigenvalue weighted by Gasteiger charge is -2.18. The van der Waals surface area contributed by atoms with E-state index in [1.54, 1.807) is 0 Å². The number of hydrogen-bond donors (Lipinski definition) is 0. The maximum atomic E-state index is 5.83. The molecule has 0 bridgehead atoms. The third-order valence-corrected chi connectivity index (χ3v) is 3.10. The molecule has 108 valence electrons. The van der Waals surface area contributed by atoms with Gasteiger partial charge in [-0.15, -0.1) is 11.6 Å². The quantitative estimate of drug-likeness (QED) is 0.516. The molecule has 0 saturated carbocycles. The van der Waals surface area contributed by atoms with Crippen molar-refractivity contribution in [3.63, 3.8) is 0 Å². The van der Waals surface area contributed by atoms with Crippen LogP contribution >= 0.6 is 11.6 Å². The van der Waals surface area contributed by atoms with Gasteiger partial charge in [0.05, 0.1) is 13.2 Å². The molecule has 0 N–H and O–H groups in total. The van der Waals surface area contributed by atoms with Crippen molar-refractivity contribution in [1.82, 2.24) is 0 Å². The number of rotatable bonds is 7. The number of benzene rings is 1. The highest BCUT2D eigenvalue weighted by atomic mass is 35.5. The van der Waals surface area contributed by atoms with Gasteiger partial charge in [0.2, 0.25) is 0 Å². The summed E-state index contributed by atoms with van der Waals surface area (Å²) in [5.74, 6) is 2.09. The Hall–Kier alpha value is -0.890. The topological polar surface area (TPSA) is 18.5 Å². The summed E-state index contributed by atoms with van der Waals surface area (Å²) in [7, 11) is 0.